The predicted molar refractivity (Wildman–Crippen MR) is 536 cm³/mol. The van der Waals surface area contributed by atoms with Crippen molar-refractivity contribution in [2.45, 2.75) is 245 Å². The minimum atomic E-state index is 0. The molecule has 9 aromatic carbocycles. The van der Waals surface area contributed by atoms with Crippen LogP contribution in [0.1, 0.15) is 230 Å². The van der Waals surface area contributed by atoms with E-state index in [1.165, 1.54) is 118 Å². The van der Waals surface area contributed by atoms with Crippen LogP contribution in [0.5, 0.6) is 0 Å². The topological polar surface area (TPSA) is 151 Å². The number of aliphatic hydroxyl groups is 3. The second-order valence-corrected chi connectivity index (χ2v) is 38.7. The second-order valence-electron chi connectivity index (χ2n) is 38.7. The van der Waals surface area contributed by atoms with Crippen molar-refractivity contribution in [1.82, 2.24) is 15.0 Å². The molecule has 0 atom stereocenters. The Morgan fingerprint density at radius 1 is 0.287 bits per heavy atom. The summed E-state index contributed by atoms with van der Waals surface area (Å²) in [5.74, 6) is 4.69. The minimum absolute atomic E-state index is 0. The van der Waals surface area contributed by atoms with Crippen molar-refractivity contribution >= 4 is 50.1 Å². The number of fused-ring (bicyclic) bond motifs is 3. The predicted octanol–water partition coefficient (Wildman–Crippen LogP) is 31.7. The number of benzene rings is 9. The summed E-state index contributed by atoms with van der Waals surface area (Å²) in [6.07, 6.45) is 10.5. The number of hydrogen-bond donors (Lipinski definition) is 3. The van der Waals surface area contributed by atoms with E-state index in [9.17, 15) is 29.7 Å². The van der Waals surface area contributed by atoms with Gasteiger partial charge in [0.25, 0.3) is 0 Å². The van der Waals surface area contributed by atoms with Gasteiger partial charge in [-0.05, 0) is 202 Å². The molecule has 3 aromatic heterocycles. The number of ketones is 3. The summed E-state index contributed by atoms with van der Waals surface area (Å²) in [4.78, 5) is 48.7. The van der Waals surface area contributed by atoms with E-state index in [0.717, 1.165) is 86.3 Å². The van der Waals surface area contributed by atoms with Gasteiger partial charge in [-0.15, -0.1) is 105 Å². The van der Waals surface area contributed by atoms with Crippen LogP contribution in [0.15, 0.2) is 217 Å². The first-order chi connectivity index (χ1) is 59.4. The molecule has 3 radical (unpaired) electrons. The van der Waals surface area contributed by atoms with Gasteiger partial charge < -0.3 is 15.3 Å². The number of nitrogens with zero attached hydrogens (tertiary/aromatic N) is 3. The summed E-state index contributed by atoms with van der Waals surface area (Å²) < 4.78 is 0. The van der Waals surface area contributed by atoms with Crippen LogP contribution in [-0.2, 0) is 94.0 Å². The number of aryl methyl sites for hydroxylation is 9. The van der Waals surface area contributed by atoms with Crippen LogP contribution < -0.4 is 0 Å². The fraction of sp³-hybridized carbons (Fsp3) is 0.385. The quantitative estimate of drug-likeness (QED) is 0.0260. The van der Waals surface area contributed by atoms with Crippen molar-refractivity contribution < 1.29 is 90.0 Å². The van der Waals surface area contributed by atoms with Gasteiger partial charge in [0.1, 0.15) is 0 Å². The first-order valence-electron chi connectivity index (χ1n) is 45.7. The van der Waals surface area contributed by atoms with Crippen molar-refractivity contribution in [3.8, 4) is 67.2 Å². The first kappa shape index (κ1) is 112. The standard InChI is InChI=1S/3C28H28N.3C11H20O2.3Ir/c1-18(2)12-24-17-28(25-14-20(4)13-21(5)15-25)29-27-11-10-23(16-26(24)27)22-8-6-19(3)7-9-22;1-18(2)11-24-17-28(25-14-20(4)12-21(5)15-25)29-27-10-9-23(16-26(24)27)22-8-6-7-19(3)13-22;1-18(2)12-23-17-28(24-14-19(3)13-20(4)15-24)29-27-11-10-22(16-26(23)27)25-9-7-6-8-21(25)5;3*1-8(2)5-10(12)7-11(13)6-9(3)4;;;/h6-11,13-14,16-18H,12H2,1-5H3;6-10,12-14,16-18H,11H2,1-5H3;6-11,13-14,16-18H,12H2,1-5H3;3*7-9,12H,5-6H2,1-4H3;;;/q3*-1;;;;;;. The smallest absolute Gasteiger partial charge is 0.159 e. The number of hydrogen-bond acceptors (Lipinski definition) is 9. The molecule has 12 heteroatoms. The SMILES string of the molecule is CC(C)CC(=O)C=C(O)CC(C)C.CC(C)CC(=O)C=C(O)CC(C)C.CC(C)CC(=O)C=C(O)CC(C)C.Cc1[c-]c(-c2cc(CC(C)C)c3cc(-c4ccc(C)cc4)ccc3n2)cc(C)c1.Cc1[c-]c(-c2cc(CC(C)C)c3cc(-c4cccc(C)c4)ccc3n2)cc(C)c1.Cc1[c-]c(-c2cc(CC(C)C)c3cc(-c4ccccc4C)ccc3n2)cc(C)c1.[Ir].[Ir].[Ir]. The zero-order valence-electron chi connectivity index (χ0n) is 82.0. The van der Waals surface area contributed by atoms with Gasteiger partial charge in [0, 0.05) is 133 Å². The molecule has 129 heavy (non-hydrogen) atoms. The molecule has 0 fully saturated rings. The average molecular weight is 2270 g/mol. The largest absolute Gasteiger partial charge is 0.512 e. The molecule has 9 nitrogen and oxygen atoms in total. The molecule has 12 rings (SSSR count). The van der Waals surface area contributed by atoms with Crippen LogP contribution in [0, 0.1) is 134 Å². The van der Waals surface area contributed by atoms with Crippen molar-refractivity contribution in [3.05, 3.63) is 302 Å². The molecular weight excluding hydrogens is 2120 g/mol. The number of carbonyl (C=O) groups is 3. The van der Waals surface area contributed by atoms with Gasteiger partial charge in [-0.25, -0.2) is 0 Å². The summed E-state index contributed by atoms with van der Waals surface area (Å²) in [5, 5.41) is 31.8. The van der Waals surface area contributed by atoms with Crippen LogP contribution >= 0.6 is 0 Å². The Hall–Kier alpha value is -9.21. The van der Waals surface area contributed by atoms with Crippen molar-refractivity contribution in [1.29, 1.82) is 0 Å². The summed E-state index contributed by atoms with van der Waals surface area (Å²) >= 11 is 0. The monoisotopic (exact) mass is 2270 g/mol. The van der Waals surface area contributed by atoms with Crippen LogP contribution in [0.25, 0.3) is 99.9 Å². The van der Waals surface area contributed by atoms with Crippen LogP contribution in [0.3, 0.4) is 0 Å². The van der Waals surface area contributed by atoms with Crippen molar-refractivity contribution in [3.63, 3.8) is 0 Å². The number of carbonyl (C=O) groups excluding carboxylic acids is 3. The molecule has 0 unspecified atom stereocenters. The third kappa shape index (κ3) is 38.6. The Morgan fingerprint density at radius 2 is 0.581 bits per heavy atom. The fourth-order valence-electron chi connectivity index (χ4n) is 15.6. The van der Waals surface area contributed by atoms with Gasteiger partial charge in [0.15, 0.2) is 17.3 Å². The summed E-state index contributed by atoms with van der Waals surface area (Å²) in [6.45, 7) is 56.8. The van der Waals surface area contributed by atoms with Gasteiger partial charge in [0.05, 0.1) is 33.8 Å². The van der Waals surface area contributed by atoms with E-state index in [4.69, 9.17) is 15.0 Å². The molecule has 0 amide bonds. The normalized spacial score (nSPS) is 11.5. The van der Waals surface area contributed by atoms with Gasteiger partial charge in [0.2, 0.25) is 0 Å². The molecule has 0 saturated heterocycles. The molecule has 0 aliphatic heterocycles. The molecular formula is C117H144Ir3N3O6-3. The zero-order chi connectivity index (χ0) is 92.9. The van der Waals surface area contributed by atoms with Crippen molar-refractivity contribution in [2.75, 3.05) is 0 Å². The third-order valence-corrected chi connectivity index (χ3v) is 20.7. The van der Waals surface area contributed by atoms with Gasteiger partial charge in [-0.3, -0.25) is 29.3 Å². The van der Waals surface area contributed by atoms with Crippen molar-refractivity contribution in [2.24, 2.45) is 53.3 Å². The van der Waals surface area contributed by atoms with Crippen LogP contribution in [0.2, 0.25) is 0 Å². The maximum absolute atomic E-state index is 11.2. The third-order valence-electron chi connectivity index (χ3n) is 20.7. The summed E-state index contributed by atoms with van der Waals surface area (Å²) in [5.41, 5.74) is 32.2. The number of aliphatic hydroxyl groups excluding tert-OH is 3. The second kappa shape index (κ2) is 54.6. The van der Waals surface area contributed by atoms with E-state index < -0.39 is 0 Å². The molecule has 0 aliphatic carbocycles. The van der Waals surface area contributed by atoms with Gasteiger partial charge >= 0.3 is 0 Å². The molecule has 3 N–H and O–H groups in total. The van der Waals surface area contributed by atoms with Crippen LogP contribution in [0.4, 0.5) is 0 Å². The molecule has 0 saturated carbocycles. The fourth-order valence-corrected chi connectivity index (χ4v) is 15.6. The van der Waals surface area contributed by atoms with E-state index >= 15 is 0 Å². The Bertz CT molecular complexity index is 5580. The molecule has 693 valence electrons. The number of pyridine rings is 3. The molecule has 0 spiro atoms. The Labute approximate surface area is 816 Å². The van der Waals surface area contributed by atoms with Crippen LogP contribution in [-0.4, -0.2) is 47.6 Å². The first-order valence-corrected chi connectivity index (χ1v) is 45.7. The van der Waals surface area contributed by atoms with E-state index in [1.54, 1.807) is 0 Å². The van der Waals surface area contributed by atoms with E-state index in [1.807, 2.05) is 83.1 Å². The zero-order valence-corrected chi connectivity index (χ0v) is 89.2. The maximum atomic E-state index is 11.2. The van der Waals surface area contributed by atoms with Gasteiger partial charge in [-0.1, -0.05) is 286 Å². The maximum Gasteiger partial charge on any atom is 0.159 e. The minimum Gasteiger partial charge on any atom is -0.512 e. The van der Waals surface area contributed by atoms with Gasteiger partial charge in [-0.2, -0.15) is 0 Å². The average Bonchev–Trinajstić information content (AvgIpc) is 0.787. The molecule has 0 aliphatic rings. The van der Waals surface area contributed by atoms with E-state index in [0.29, 0.717) is 91.8 Å². The summed E-state index contributed by atoms with van der Waals surface area (Å²) in [7, 11) is 0. The molecule has 12 aromatic rings. The number of aromatic nitrogens is 3. The number of allylic oxidation sites excluding steroid dienone is 6. The Kier molecular flexibility index (Phi) is 47.4. The summed E-state index contributed by atoms with van der Waals surface area (Å²) in [6, 6.07) is 76.4. The van der Waals surface area contributed by atoms with E-state index in [2.05, 4.69) is 304 Å². The number of rotatable bonds is 27. The molecule has 0 bridgehead atoms. The Balaban J connectivity index is 0.000000335. The van der Waals surface area contributed by atoms with E-state index in [-0.39, 0.29) is 94.9 Å². The Morgan fingerprint density at radius 3 is 0.884 bits per heavy atom. The molecule has 3 heterocycles.